The third-order valence-corrected chi connectivity index (χ3v) is 4.29. The highest BCUT2D eigenvalue weighted by molar-refractivity contribution is 4.84. The van der Waals surface area contributed by atoms with Crippen LogP contribution >= 0.6 is 0 Å². The second kappa shape index (κ2) is 5.10. The Hall–Kier alpha value is 0. The van der Waals surface area contributed by atoms with Crippen LogP contribution < -0.4 is 0 Å². The summed E-state index contributed by atoms with van der Waals surface area (Å²) in [5, 5.41) is 0. The van der Waals surface area contributed by atoms with Crippen molar-refractivity contribution < 1.29 is 0 Å². The highest BCUT2D eigenvalue weighted by Crippen LogP contribution is 2.44. The lowest BCUT2D eigenvalue weighted by Crippen LogP contribution is -2.31. The van der Waals surface area contributed by atoms with Crippen molar-refractivity contribution in [1.82, 2.24) is 0 Å². The molecule has 0 bridgehead atoms. The highest BCUT2D eigenvalue weighted by atomic mass is 14.4. The van der Waals surface area contributed by atoms with Gasteiger partial charge < -0.3 is 0 Å². The zero-order chi connectivity index (χ0) is 12.4. The standard InChI is InChI=1S/C16H32/c1-15(2,3)12-11-13-9-7-8-10-14(13)16(4,5)6/h13-14H,7-12H2,1-6H3/t13-,14+/m0/s1. The summed E-state index contributed by atoms with van der Waals surface area (Å²) in [6.07, 6.45) is 8.74. The highest BCUT2D eigenvalue weighted by Gasteiger charge is 2.34. The molecular weight excluding hydrogens is 192 g/mol. The summed E-state index contributed by atoms with van der Waals surface area (Å²) in [6.45, 7) is 14.4. The van der Waals surface area contributed by atoms with Crippen molar-refractivity contribution in [3.05, 3.63) is 0 Å². The Bertz CT molecular complexity index is 201. The molecule has 0 heterocycles. The Kier molecular flexibility index (Phi) is 4.49. The van der Waals surface area contributed by atoms with Gasteiger partial charge in [0.05, 0.1) is 0 Å². The molecule has 1 aliphatic rings. The molecule has 0 aliphatic heterocycles. The first kappa shape index (κ1) is 14.1. The summed E-state index contributed by atoms with van der Waals surface area (Å²) in [4.78, 5) is 0. The normalized spacial score (nSPS) is 28.1. The van der Waals surface area contributed by atoms with E-state index in [1.54, 1.807) is 0 Å². The van der Waals surface area contributed by atoms with E-state index in [0.717, 1.165) is 11.8 Å². The van der Waals surface area contributed by atoms with E-state index in [1.807, 2.05) is 0 Å². The number of hydrogen-bond donors (Lipinski definition) is 0. The lowest BCUT2D eigenvalue weighted by molar-refractivity contribution is 0.0924. The molecule has 1 saturated carbocycles. The molecule has 0 aromatic carbocycles. The van der Waals surface area contributed by atoms with Gasteiger partial charge in [-0.3, -0.25) is 0 Å². The van der Waals surface area contributed by atoms with Crippen molar-refractivity contribution in [3.8, 4) is 0 Å². The van der Waals surface area contributed by atoms with Crippen LogP contribution in [0.15, 0.2) is 0 Å². The van der Waals surface area contributed by atoms with Crippen LogP contribution in [0.5, 0.6) is 0 Å². The molecule has 16 heavy (non-hydrogen) atoms. The molecule has 0 saturated heterocycles. The number of hydrogen-bond acceptors (Lipinski definition) is 0. The van der Waals surface area contributed by atoms with Crippen LogP contribution in [-0.2, 0) is 0 Å². The Labute approximate surface area is 103 Å². The molecule has 1 aliphatic carbocycles. The maximum Gasteiger partial charge on any atom is -0.0337 e. The van der Waals surface area contributed by atoms with Crippen LogP contribution in [0.3, 0.4) is 0 Å². The van der Waals surface area contributed by atoms with Gasteiger partial charge in [-0.2, -0.15) is 0 Å². The molecule has 0 heteroatoms. The van der Waals surface area contributed by atoms with E-state index < -0.39 is 0 Å². The maximum atomic E-state index is 2.44. The summed E-state index contributed by atoms with van der Waals surface area (Å²) < 4.78 is 0. The van der Waals surface area contributed by atoms with E-state index in [1.165, 1.54) is 38.5 Å². The first-order chi connectivity index (χ1) is 7.20. The van der Waals surface area contributed by atoms with Gasteiger partial charge in [0.15, 0.2) is 0 Å². The molecule has 1 fully saturated rings. The molecule has 0 aromatic rings. The fourth-order valence-corrected chi connectivity index (χ4v) is 3.31. The minimum absolute atomic E-state index is 0.514. The van der Waals surface area contributed by atoms with Gasteiger partial charge in [-0.25, -0.2) is 0 Å². The van der Waals surface area contributed by atoms with Gasteiger partial charge in [-0.05, 0) is 41.9 Å². The van der Waals surface area contributed by atoms with Crippen LogP contribution in [0.1, 0.15) is 80.1 Å². The zero-order valence-electron chi connectivity index (χ0n) is 12.4. The van der Waals surface area contributed by atoms with E-state index in [9.17, 15) is 0 Å². The van der Waals surface area contributed by atoms with Crippen molar-refractivity contribution in [2.75, 3.05) is 0 Å². The molecule has 0 nitrogen and oxygen atoms in total. The van der Waals surface area contributed by atoms with E-state index in [2.05, 4.69) is 41.5 Å². The molecule has 0 N–H and O–H groups in total. The Balaban J connectivity index is 2.54. The fraction of sp³-hybridized carbons (Fsp3) is 1.00. The summed E-state index contributed by atoms with van der Waals surface area (Å²) in [5.74, 6) is 1.96. The van der Waals surface area contributed by atoms with E-state index in [4.69, 9.17) is 0 Å². The number of rotatable bonds is 2. The topological polar surface area (TPSA) is 0 Å². The molecule has 0 unspecified atom stereocenters. The smallest absolute Gasteiger partial charge is 0.0337 e. The Morgan fingerprint density at radius 3 is 1.94 bits per heavy atom. The zero-order valence-corrected chi connectivity index (χ0v) is 12.4. The van der Waals surface area contributed by atoms with Crippen molar-refractivity contribution in [3.63, 3.8) is 0 Å². The molecule has 2 atom stereocenters. The van der Waals surface area contributed by atoms with Crippen LogP contribution in [-0.4, -0.2) is 0 Å². The predicted molar refractivity (Wildman–Crippen MR) is 73.6 cm³/mol. The average Bonchev–Trinajstić information content (AvgIpc) is 2.12. The lowest BCUT2D eigenvalue weighted by atomic mass is 9.64. The van der Waals surface area contributed by atoms with E-state index in [0.29, 0.717) is 10.8 Å². The van der Waals surface area contributed by atoms with Gasteiger partial charge in [0.25, 0.3) is 0 Å². The lowest BCUT2D eigenvalue weighted by Gasteiger charge is -2.41. The van der Waals surface area contributed by atoms with Crippen molar-refractivity contribution >= 4 is 0 Å². The fourth-order valence-electron chi connectivity index (χ4n) is 3.31. The Morgan fingerprint density at radius 1 is 0.875 bits per heavy atom. The van der Waals surface area contributed by atoms with Crippen molar-refractivity contribution in [1.29, 1.82) is 0 Å². The summed E-state index contributed by atoms with van der Waals surface area (Å²) >= 11 is 0. The third kappa shape index (κ3) is 4.47. The Morgan fingerprint density at radius 2 is 1.44 bits per heavy atom. The van der Waals surface area contributed by atoms with Gasteiger partial charge in [-0.1, -0.05) is 60.8 Å². The monoisotopic (exact) mass is 224 g/mol. The first-order valence-electron chi connectivity index (χ1n) is 7.20. The molecule has 96 valence electrons. The quantitative estimate of drug-likeness (QED) is 0.567. The molecule has 0 amide bonds. The van der Waals surface area contributed by atoms with Gasteiger partial charge >= 0.3 is 0 Å². The summed E-state index contributed by atoms with van der Waals surface area (Å²) in [5.41, 5.74) is 1.03. The van der Waals surface area contributed by atoms with Crippen LogP contribution in [0.25, 0.3) is 0 Å². The largest absolute Gasteiger partial charge is 0.0602 e. The summed E-state index contributed by atoms with van der Waals surface area (Å²) in [7, 11) is 0. The first-order valence-corrected chi connectivity index (χ1v) is 7.20. The SMILES string of the molecule is CC(C)(C)CC[C@@H]1CCCC[C@H]1C(C)(C)C. The van der Waals surface area contributed by atoms with Gasteiger partial charge in [0.1, 0.15) is 0 Å². The maximum absolute atomic E-state index is 2.44. The molecule has 1 rings (SSSR count). The van der Waals surface area contributed by atoms with Crippen molar-refractivity contribution in [2.24, 2.45) is 22.7 Å². The minimum Gasteiger partial charge on any atom is -0.0602 e. The van der Waals surface area contributed by atoms with Crippen LogP contribution in [0, 0.1) is 22.7 Å². The average molecular weight is 224 g/mol. The van der Waals surface area contributed by atoms with Gasteiger partial charge in [0, 0.05) is 0 Å². The van der Waals surface area contributed by atoms with E-state index >= 15 is 0 Å². The third-order valence-electron chi connectivity index (χ3n) is 4.29. The van der Waals surface area contributed by atoms with Gasteiger partial charge in [0.2, 0.25) is 0 Å². The second-order valence-electron chi connectivity index (χ2n) is 8.12. The molecule has 0 radical (unpaired) electrons. The predicted octanol–water partition coefficient (Wildman–Crippen LogP) is 5.67. The second-order valence-corrected chi connectivity index (χ2v) is 8.12. The van der Waals surface area contributed by atoms with Crippen molar-refractivity contribution in [2.45, 2.75) is 80.1 Å². The molecular formula is C16H32. The van der Waals surface area contributed by atoms with Crippen LogP contribution in [0.2, 0.25) is 0 Å². The molecule has 0 spiro atoms. The van der Waals surface area contributed by atoms with E-state index in [-0.39, 0.29) is 0 Å². The summed E-state index contributed by atoms with van der Waals surface area (Å²) in [6, 6.07) is 0. The minimum atomic E-state index is 0.514. The molecule has 0 aromatic heterocycles. The van der Waals surface area contributed by atoms with Crippen LogP contribution in [0.4, 0.5) is 0 Å². The van der Waals surface area contributed by atoms with Gasteiger partial charge in [-0.15, -0.1) is 0 Å².